The number of furan rings is 1. The Morgan fingerprint density at radius 1 is 1.04 bits per heavy atom. The van der Waals surface area contributed by atoms with Crippen LogP contribution in [0.3, 0.4) is 0 Å². The second-order valence-corrected chi connectivity index (χ2v) is 6.04. The number of benzene rings is 1. The van der Waals surface area contributed by atoms with Crippen LogP contribution in [-0.4, -0.2) is 44.2 Å². The molecule has 0 aliphatic carbocycles. The largest absolute Gasteiger partial charge is 0.449 e. The minimum atomic E-state index is 0.701. The van der Waals surface area contributed by atoms with Crippen molar-refractivity contribution in [3.05, 3.63) is 42.7 Å². The fourth-order valence-electron chi connectivity index (χ4n) is 3.05. The van der Waals surface area contributed by atoms with Crippen LogP contribution in [0, 0.1) is 5.53 Å². The molecule has 1 aromatic carbocycles. The SMILES string of the molecule is N=Nc1ccccc1NCCCCN1CCN(c2ccco2)CC1. The average Bonchev–Trinajstić information content (AvgIpc) is 3.17. The van der Waals surface area contributed by atoms with Crippen LogP contribution in [0.2, 0.25) is 0 Å². The van der Waals surface area contributed by atoms with Crippen molar-refractivity contribution in [1.29, 1.82) is 5.53 Å². The van der Waals surface area contributed by atoms with E-state index in [1.165, 1.54) is 6.42 Å². The molecule has 1 aliphatic rings. The first-order valence-corrected chi connectivity index (χ1v) is 8.58. The van der Waals surface area contributed by atoms with Gasteiger partial charge in [0.05, 0.1) is 12.0 Å². The monoisotopic (exact) mass is 327 g/mol. The van der Waals surface area contributed by atoms with Crippen molar-refractivity contribution in [3.63, 3.8) is 0 Å². The lowest BCUT2D eigenvalue weighted by Crippen LogP contribution is -2.46. The molecular weight excluding hydrogens is 302 g/mol. The third-order valence-electron chi connectivity index (χ3n) is 4.43. The van der Waals surface area contributed by atoms with Crippen LogP contribution in [0.5, 0.6) is 0 Å². The van der Waals surface area contributed by atoms with Crippen LogP contribution in [0.1, 0.15) is 12.8 Å². The summed E-state index contributed by atoms with van der Waals surface area (Å²) in [5.41, 5.74) is 8.82. The van der Waals surface area contributed by atoms with Gasteiger partial charge in [-0.2, -0.15) is 5.11 Å². The number of anilines is 2. The number of piperazine rings is 1. The standard InChI is InChI=1S/C18H25N5O/c19-21-17-7-2-1-6-16(17)20-9-3-4-10-22-11-13-23(14-12-22)18-8-5-15-24-18/h1-2,5-8,15,19-20H,3-4,9-14H2. The zero-order chi connectivity index (χ0) is 16.6. The Morgan fingerprint density at radius 3 is 2.62 bits per heavy atom. The van der Waals surface area contributed by atoms with Gasteiger partial charge in [0.2, 0.25) is 0 Å². The second-order valence-electron chi connectivity index (χ2n) is 6.04. The zero-order valence-corrected chi connectivity index (χ0v) is 13.9. The van der Waals surface area contributed by atoms with Gasteiger partial charge in [-0.1, -0.05) is 12.1 Å². The van der Waals surface area contributed by atoms with Gasteiger partial charge < -0.3 is 14.6 Å². The van der Waals surface area contributed by atoms with Crippen molar-refractivity contribution in [3.8, 4) is 0 Å². The summed E-state index contributed by atoms with van der Waals surface area (Å²) in [4.78, 5) is 4.83. The lowest BCUT2D eigenvalue weighted by Gasteiger charge is -2.34. The van der Waals surface area contributed by atoms with E-state index in [1.54, 1.807) is 6.26 Å². The molecule has 1 aliphatic heterocycles. The molecule has 0 atom stereocenters. The highest BCUT2D eigenvalue weighted by molar-refractivity contribution is 5.64. The molecule has 6 nitrogen and oxygen atoms in total. The van der Waals surface area contributed by atoms with E-state index in [1.807, 2.05) is 36.4 Å². The zero-order valence-electron chi connectivity index (χ0n) is 13.9. The molecule has 2 heterocycles. The van der Waals surface area contributed by atoms with E-state index in [0.29, 0.717) is 5.69 Å². The Morgan fingerprint density at radius 2 is 1.88 bits per heavy atom. The lowest BCUT2D eigenvalue weighted by molar-refractivity contribution is 0.250. The Bertz CT molecular complexity index is 620. The summed E-state index contributed by atoms with van der Waals surface area (Å²) in [6, 6.07) is 11.7. The Kier molecular flexibility index (Phi) is 5.85. The number of hydrogen-bond donors (Lipinski definition) is 2. The summed E-state index contributed by atoms with van der Waals surface area (Å²) < 4.78 is 5.46. The molecule has 0 amide bonds. The first-order chi connectivity index (χ1) is 11.9. The summed E-state index contributed by atoms with van der Waals surface area (Å²) in [7, 11) is 0. The van der Waals surface area contributed by atoms with Crippen molar-refractivity contribution in [2.24, 2.45) is 5.11 Å². The van der Waals surface area contributed by atoms with Crippen molar-refractivity contribution < 1.29 is 4.42 Å². The van der Waals surface area contributed by atoms with Gasteiger partial charge >= 0.3 is 0 Å². The van der Waals surface area contributed by atoms with Crippen molar-refractivity contribution >= 4 is 17.3 Å². The van der Waals surface area contributed by atoms with Crippen molar-refractivity contribution in [1.82, 2.24) is 4.90 Å². The van der Waals surface area contributed by atoms with Gasteiger partial charge in [-0.3, -0.25) is 4.90 Å². The number of nitrogens with zero attached hydrogens (tertiary/aromatic N) is 3. The number of rotatable bonds is 8. The Balaban J connectivity index is 1.31. The predicted molar refractivity (Wildman–Crippen MR) is 96.3 cm³/mol. The van der Waals surface area contributed by atoms with Gasteiger partial charge in [0.1, 0.15) is 5.69 Å². The second kappa shape index (κ2) is 8.49. The molecule has 24 heavy (non-hydrogen) atoms. The molecule has 1 aromatic heterocycles. The van der Waals surface area contributed by atoms with Gasteiger partial charge in [-0.25, -0.2) is 5.53 Å². The van der Waals surface area contributed by atoms with Gasteiger partial charge in [0.15, 0.2) is 5.88 Å². The summed E-state index contributed by atoms with van der Waals surface area (Å²) >= 11 is 0. The van der Waals surface area contributed by atoms with Gasteiger partial charge in [0, 0.05) is 38.8 Å². The van der Waals surface area contributed by atoms with E-state index < -0.39 is 0 Å². The van der Waals surface area contributed by atoms with E-state index in [-0.39, 0.29) is 0 Å². The number of para-hydroxylation sites is 2. The highest BCUT2D eigenvalue weighted by atomic mass is 16.3. The van der Waals surface area contributed by atoms with Crippen LogP contribution in [0.4, 0.5) is 17.3 Å². The van der Waals surface area contributed by atoms with Crippen molar-refractivity contribution in [2.45, 2.75) is 12.8 Å². The molecule has 0 bridgehead atoms. The Hall–Kier alpha value is -2.34. The third-order valence-corrected chi connectivity index (χ3v) is 4.43. The smallest absolute Gasteiger partial charge is 0.195 e. The molecule has 2 aromatic rings. The van der Waals surface area contributed by atoms with Crippen LogP contribution in [0.15, 0.2) is 52.2 Å². The van der Waals surface area contributed by atoms with Crippen LogP contribution >= 0.6 is 0 Å². The molecule has 3 rings (SSSR count). The van der Waals surface area contributed by atoms with Crippen LogP contribution < -0.4 is 10.2 Å². The summed E-state index contributed by atoms with van der Waals surface area (Å²) in [5, 5.41) is 6.91. The summed E-state index contributed by atoms with van der Waals surface area (Å²) in [6.07, 6.45) is 4.03. The molecular formula is C18H25N5O. The Labute approximate surface area is 143 Å². The van der Waals surface area contributed by atoms with E-state index in [0.717, 1.165) is 57.3 Å². The fourth-order valence-corrected chi connectivity index (χ4v) is 3.05. The molecule has 0 radical (unpaired) electrons. The molecule has 128 valence electrons. The first kappa shape index (κ1) is 16.5. The number of hydrogen-bond acceptors (Lipinski definition) is 6. The molecule has 2 N–H and O–H groups in total. The molecule has 1 fully saturated rings. The van der Waals surface area contributed by atoms with Gasteiger partial charge in [0.25, 0.3) is 0 Å². The summed E-state index contributed by atoms with van der Waals surface area (Å²) in [6.45, 7) is 6.30. The van der Waals surface area contributed by atoms with E-state index in [9.17, 15) is 0 Å². The molecule has 0 saturated carbocycles. The molecule has 1 saturated heterocycles. The average molecular weight is 327 g/mol. The van der Waals surface area contributed by atoms with Crippen molar-refractivity contribution in [2.75, 3.05) is 49.5 Å². The maximum absolute atomic E-state index is 7.17. The summed E-state index contributed by atoms with van der Waals surface area (Å²) in [5.74, 6) is 0.984. The van der Waals surface area contributed by atoms with Gasteiger partial charge in [-0.15, -0.1) is 0 Å². The molecule has 0 spiro atoms. The van der Waals surface area contributed by atoms with E-state index in [2.05, 4.69) is 20.2 Å². The minimum Gasteiger partial charge on any atom is -0.449 e. The maximum atomic E-state index is 7.17. The van der Waals surface area contributed by atoms with Crippen LogP contribution in [0.25, 0.3) is 0 Å². The van der Waals surface area contributed by atoms with E-state index in [4.69, 9.17) is 9.95 Å². The van der Waals surface area contributed by atoms with Gasteiger partial charge in [-0.05, 0) is 37.6 Å². The predicted octanol–water partition coefficient (Wildman–Crippen LogP) is 3.96. The number of unbranched alkanes of at least 4 members (excludes halogenated alkanes) is 1. The fraction of sp³-hybridized carbons (Fsp3) is 0.444. The lowest BCUT2D eigenvalue weighted by atomic mass is 10.2. The molecule has 0 unspecified atom stereocenters. The molecule has 6 heteroatoms. The maximum Gasteiger partial charge on any atom is 0.195 e. The van der Waals surface area contributed by atoms with E-state index >= 15 is 0 Å². The highest BCUT2D eigenvalue weighted by Gasteiger charge is 2.17. The first-order valence-electron chi connectivity index (χ1n) is 8.58. The van der Waals surface area contributed by atoms with Crippen LogP contribution in [-0.2, 0) is 0 Å². The minimum absolute atomic E-state index is 0.701. The topological polar surface area (TPSA) is 67.9 Å². The quantitative estimate of drug-likeness (QED) is 0.569. The third kappa shape index (κ3) is 4.35. The highest BCUT2D eigenvalue weighted by Crippen LogP contribution is 2.23. The number of nitrogens with one attached hydrogen (secondary N) is 2. The normalized spacial score (nSPS) is 15.4.